The Morgan fingerprint density at radius 1 is 0.956 bits per heavy atom. The van der Waals surface area contributed by atoms with E-state index in [1.165, 1.54) is 12.1 Å². The summed E-state index contributed by atoms with van der Waals surface area (Å²) in [5.74, 6) is -0.662. The molecule has 1 aliphatic heterocycles. The molecule has 7 nitrogen and oxygen atoms in total. The lowest BCUT2D eigenvalue weighted by Gasteiger charge is -2.34. The lowest BCUT2D eigenvalue weighted by atomic mass is 9.92. The van der Waals surface area contributed by atoms with Gasteiger partial charge in [0.05, 0.1) is 25.3 Å². The maximum Gasteiger partial charge on any atom is 0.303 e. The van der Waals surface area contributed by atoms with E-state index in [-0.39, 0.29) is 12.0 Å². The topological polar surface area (TPSA) is 102 Å². The number of aryl methyl sites for hydroxylation is 2. The number of alkyl halides is 1. The fourth-order valence-corrected chi connectivity index (χ4v) is 5.76. The van der Waals surface area contributed by atoms with E-state index in [9.17, 15) is 18.4 Å². The quantitative estimate of drug-likeness (QED) is 0.208. The van der Waals surface area contributed by atoms with Gasteiger partial charge in [0.1, 0.15) is 23.0 Å². The van der Waals surface area contributed by atoms with Crippen LogP contribution in [-0.2, 0) is 17.8 Å². The molecule has 5 rings (SSSR count). The zero-order valence-electron chi connectivity index (χ0n) is 26.2. The van der Waals surface area contributed by atoms with Gasteiger partial charge in [0, 0.05) is 26.1 Å². The van der Waals surface area contributed by atoms with Crippen LogP contribution in [0.5, 0.6) is 11.5 Å². The second kappa shape index (κ2) is 14.5. The highest BCUT2D eigenvalue weighted by Crippen LogP contribution is 2.43. The van der Waals surface area contributed by atoms with E-state index in [0.717, 1.165) is 46.1 Å². The number of carboxylic acid groups (broad SMARTS) is 1. The summed E-state index contributed by atoms with van der Waals surface area (Å²) >= 11 is 0. The van der Waals surface area contributed by atoms with Crippen molar-refractivity contribution in [1.82, 2.24) is 4.90 Å². The molecule has 0 saturated carbocycles. The van der Waals surface area contributed by atoms with E-state index in [2.05, 4.69) is 4.90 Å². The lowest BCUT2D eigenvalue weighted by molar-refractivity contribution is -0.136. The van der Waals surface area contributed by atoms with Crippen LogP contribution in [0, 0.1) is 12.7 Å². The number of hydrogen-bond acceptors (Lipinski definition) is 5. The standard InChI is InChI=1S/C28H32FNO4.C8H8FNO/c1-28(29)12-14-30(15-13-28)18-19-16-24(33-2)27(25(17-19)34-3)23-9-5-7-21-20(10-11-26(31)32)6-4-8-22(21)23;1-5-3-2-4-6(9)7(5)8(10)11/h4-9,16-17H,10-15,18H2,1-3H3,(H,31,32);2-4H,1H3,(H2,10,11). The van der Waals surface area contributed by atoms with Crippen molar-refractivity contribution in [1.29, 1.82) is 0 Å². The Morgan fingerprint density at radius 3 is 2.11 bits per heavy atom. The number of carbonyl (C=O) groups excluding carboxylic acids is 1. The summed E-state index contributed by atoms with van der Waals surface area (Å²) in [5, 5.41) is 11.2. The second-order valence-corrected chi connectivity index (χ2v) is 11.6. The molecule has 1 heterocycles. The number of likely N-dealkylation sites (tertiary alicyclic amines) is 1. The van der Waals surface area contributed by atoms with Gasteiger partial charge in [-0.25, -0.2) is 8.78 Å². The molecule has 4 aromatic rings. The van der Waals surface area contributed by atoms with Gasteiger partial charge in [-0.05, 0) is 84.3 Å². The molecular formula is C36H40F2N2O5. The van der Waals surface area contributed by atoms with Crippen molar-refractivity contribution >= 4 is 22.6 Å². The zero-order chi connectivity index (χ0) is 32.7. The van der Waals surface area contributed by atoms with Gasteiger partial charge in [0.15, 0.2) is 0 Å². The van der Waals surface area contributed by atoms with Gasteiger partial charge < -0.3 is 20.3 Å². The van der Waals surface area contributed by atoms with Crippen molar-refractivity contribution in [3.63, 3.8) is 0 Å². The van der Waals surface area contributed by atoms with E-state index in [4.69, 9.17) is 20.3 Å². The maximum absolute atomic E-state index is 14.2. The van der Waals surface area contributed by atoms with Crippen LogP contribution in [0.25, 0.3) is 21.9 Å². The van der Waals surface area contributed by atoms with Crippen LogP contribution in [0.2, 0.25) is 0 Å². The SMILES string of the molecule is COc1cc(CN2CCC(C)(F)CC2)cc(OC)c1-c1cccc2c(CCC(=O)O)cccc12.Cc1cccc(F)c1C(N)=O. The van der Waals surface area contributed by atoms with Gasteiger partial charge in [-0.3, -0.25) is 14.5 Å². The average Bonchev–Trinajstić information content (AvgIpc) is 3.00. The van der Waals surface area contributed by atoms with E-state index in [1.54, 1.807) is 34.1 Å². The minimum atomic E-state index is -1.08. The van der Waals surface area contributed by atoms with Crippen molar-refractivity contribution in [2.75, 3.05) is 27.3 Å². The van der Waals surface area contributed by atoms with Crippen LogP contribution in [-0.4, -0.2) is 54.9 Å². The smallest absolute Gasteiger partial charge is 0.303 e. The van der Waals surface area contributed by atoms with Gasteiger partial charge in [-0.1, -0.05) is 48.5 Å². The number of primary amides is 1. The van der Waals surface area contributed by atoms with Crippen LogP contribution in [0.15, 0.2) is 66.7 Å². The largest absolute Gasteiger partial charge is 0.496 e. The van der Waals surface area contributed by atoms with Crippen LogP contribution in [0.3, 0.4) is 0 Å². The van der Waals surface area contributed by atoms with Crippen LogP contribution in [0.1, 0.15) is 53.2 Å². The molecule has 3 N–H and O–H groups in total. The number of benzene rings is 4. The number of halogens is 2. The maximum atomic E-state index is 14.2. The Balaban J connectivity index is 0.000000354. The Labute approximate surface area is 262 Å². The summed E-state index contributed by atoms with van der Waals surface area (Å²) in [6.07, 6.45) is 1.64. The summed E-state index contributed by atoms with van der Waals surface area (Å²) in [6.45, 7) is 5.48. The van der Waals surface area contributed by atoms with Crippen molar-refractivity contribution in [2.24, 2.45) is 5.73 Å². The highest BCUT2D eigenvalue weighted by Gasteiger charge is 2.29. The van der Waals surface area contributed by atoms with Crippen molar-refractivity contribution in [2.45, 2.75) is 51.7 Å². The third-order valence-electron chi connectivity index (χ3n) is 8.23. The van der Waals surface area contributed by atoms with Crippen LogP contribution >= 0.6 is 0 Å². The molecule has 45 heavy (non-hydrogen) atoms. The van der Waals surface area contributed by atoms with Gasteiger partial charge in [0.25, 0.3) is 5.91 Å². The molecule has 0 radical (unpaired) electrons. The molecule has 1 aliphatic rings. The normalized spacial score (nSPS) is 14.4. The molecule has 0 aromatic heterocycles. The monoisotopic (exact) mass is 618 g/mol. The molecule has 4 aromatic carbocycles. The number of amides is 1. The second-order valence-electron chi connectivity index (χ2n) is 11.6. The van der Waals surface area contributed by atoms with Gasteiger partial charge in [0.2, 0.25) is 0 Å². The molecule has 1 saturated heterocycles. The van der Waals surface area contributed by atoms with Crippen molar-refractivity contribution < 1.29 is 33.0 Å². The molecule has 1 amide bonds. The summed E-state index contributed by atoms with van der Waals surface area (Å²) in [5.41, 5.74) is 8.30. The summed E-state index contributed by atoms with van der Waals surface area (Å²) in [7, 11) is 3.31. The Kier molecular flexibility index (Phi) is 10.8. The first-order valence-electron chi connectivity index (χ1n) is 14.9. The average molecular weight is 619 g/mol. The number of rotatable bonds is 9. The Bertz CT molecular complexity index is 1630. The summed E-state index contributed by atoms with van der Waals surface area (Å²) in [6, 6.07) is 20.5. The van der Waals surface area contributed by atoms with Crippen LogP contribution < -0.4 is 15.2 Å². The summed E-state index contributed by atoms with van der Waals surface area (Å²) < 4.78 is 38.7. The van der Waals surface area contributed by atoms with E-state index in [0.29, 0.717) is 42.9 Å². The minimum absolute atomic E-state index is 0.0208. The predicted octanol–water partition coefficient (Wildman–Crippen LogP) is 7.10. The first-order chi connectivity index (χ1) is 21.4. The number of carbonyl (C=O) groups is 2. The highest BCUT2D eigenvalue weighted by atomic mass is 19.1. The van der Waals surface area contributed by atoms with Gasteiger partial charge in [-0.15, -0.1) is 0 Å². The molecule has 0 unspecified atom stereocenters. The fraction of sp³-hybridized carbons (Fsp3) is 0.333. The van der Waals surface area contributed by atoms with Crippen molar-refractivity contribution in [3.8, 4) is 22.6 Å². The molecule has 0 atom stereocenters. The number of methoxy groups -OCH3 is 2. The van der Waals surface area contributed by atoms with E-state index < -0.39 is 23.4 Å². The zero-order valence-corrected chi connectivity index (χ0v) is 26.2. The Morgan fingerprint density at radius 2 is 1.56 bits per heavy atom. The van der Waals surface area contributed by atoms with E-state index >= 15 is 0 Å². The minimum Gasteiger partial charge on any atom is -0.496 e. The number of ether oxygens (including phenoxy) is 2. The number of fused-ring (bicyclic) bond motifs is 1. The molecule has 238 valence electrons. The van der Waals surface area contributed by atoms with Gasteiger partial charge >= 0.3 is 5.97 Å². The predicted molar refractivity (Wildman–Crippen MR) is 172 cm³/mol. The molecule has 0 bridgehead atoms. The first-order valence-corrected chi connectivity index (χ1v) is 14.9. The fourth-order valence-electron chi connectivity index (χ4n) is 5.76. The molecular weight excluding hydrogens is 578 g/mol. The number of hydrogen-bond donors (Lipinski definition) is 2. The summed E-state index contributed by atoms with van der Waals surface area (Å²) in [4.78, 5) is 24.0. The number of aliphatic carboxylic acids is 1. The molecule has 1 fully saturated rings. The number of nitrogens with two attached hydrogens (primary N) is 1. The molecule has 9 heteroatoms. The molecule has 0 spiro atoms. The lowest BCUT2D eigenvalue weighted by Crippen LogP contribution is -2.39. The van der Waals surface area contributed by atoms with Crippen LogP contribution in [0.4, 0.5) is 8.78 Å². The third-order valence-corrected chi connectivity index (χ3v) is 8.23. The number of carboxylic acids is 1. The number of nitrogens with zero attached hydrogens (tertiary/aromatic N) is 1. The Hall–Kier alpha value is -4.50. The van der Waals surface area contributed by atoms with Crippen molar-refractivity contribution in [3.05, 3.63) is 94.8 Å². The molecule has 0 aliphatic carbocycles. The first kappa shape index (κ1) is 33.4. The van der Waals surface area contributed by atoms with Gasteiger partial charge in [-0.2, -0.15) is 0 Å². The third kappa shape index (κ3) is 8.16. The highest BCUT2D eigenvalue weighted by molar-refractivity contribution is 6.01. The van der Waals surface area contributed by atoms with E-state index in [1.807, 2.05) is 48.5 Å². The number of piperidine rings is 1.